The predicted octanol–water partition coefficient (Wildman–Crippen LogP) is -0.138. The van der Waals surface area contributed by atoms with Crippen LogP contribution in [-0.4, -0.2) is 82.0 Å². The number of unbranched alkanes of at least 4 members (excludes halogenated alkanes) is 1. The molecule has 4 rings (SSSR count). The third-order valence-electron chi connectivity index (χ3n) is 7.39. The summed E-state index contributed by atoms with van der Waals surface area (Å²) in [6.07, 6.45) is 4.40. The smallest absolute Gasteiger partial charge is 0.326 e. The number of carbonyl (C=O) groups is 5. The standard InChI is InChI=1S/C28H39N7O7/c36-22(10-3-4-14-31-28-27(34-28)35-28)33-21(15-17-16-30-19-8-2-1-7-18(17)19)25(40)29-13-6-9-20(26(41)42)32-23(37)11-5-12-24(38)39/h1-2,7-8,16,20-21,27,30-31,34-35H,3-6,9-15H2,(H,29,40)(H,32,37)(H,33,36)(H,38,39)(H,41,42). The van der Waals surface area contributed by atoms with Crippen molar-refractivity contribution in [1.82, 2.24) is 36.9 Å². The Hall–Kier alpha value is -4.01. The van der Waals surface area contributed by atoms with Gasteiger partial charge in [-0.3, -0.25) is 35.1 Å². The van der Waals surface area contributed by atoms with E-state index in [0.29, 0.717) is 12.6 Å². The fourth-order valence-corrected chi connectivity index (χ4v) is 4.83. The van der Waals surface area contributed by atoms with Gasteiger partial charge in [0.25, 0.3) is 0 Å². The van der Waals surface area contributed by atoms with Crippen LogP contribution in [0.25, 0.3) is 10.9 Å². The summed E-state index contributed by atoms with van der Waals surface area (Å²) in [6, 6.07) is 5.70. The van der Waals surface area contributed by atoms with Crippen LogP contribution in [0.1, 0.15) is 56.9 Å². The quantitative estimate of drug-likeness (QED) is 0.0737. The van der Waals surface area contributed by atoms with Crippen LogP contribution in [0.2, 0.25) is 0 Å². The van der Waals surface area contributed by atoms with Gasteiger partial charge in [-0.25, -0.2) is 4.79 Å². The summed E-state index contributed by atoms with van der Waals surface area (Å²) >= 11 is 0. The summed E-state index contributed by atoms with van der Waals surface area (Å²) < 4.78 is 0. The first-order valence-electron chi connectivity index (χ1n) is 14.3. The number of rotatable bonds is 20. The zero-order valence-electron chi connectivity index (χ0n) is 23.3. The maximum absolute atomic E-state index is 13.2. The third-order valence-corrected chi connectivity index (χ3v) is 7.39. The van der Waals surface area contributed by atoms with Crippen LogP contribution in [0.3, 0.4) is 0 Å². The zero-order chi connectivity index (χ0) is 30.1. The minimum absolute atomic E-state index is 0.0703. The molecule has 2 aliphatic rings. The number of fused-ring (bicyclic) bond motifs is 2. The predicted molar refractivity (Wildman–Crippen MR) is 152 cm³/mol. The molecule has 228 valence electrons. The van der Waals surface area contributed by atoms with Crippen molar-refractivity contribution in [2.75, 3.05) is 13.1 Å². The molecule has 1 aromatic carbocycles. The highest BCUT2D eigenvalue weighted by atomic mass is 16.4. The Kier molecular flexibility index (Phi) is 10.5. The normalized spacial score (nSPS) is 19.8. The van der Waals surface area contributed by atoms with Gasteiger partial charge < -0.3 is 31.1 Å². The van der Waals surface area contributed by atoms with Gasteiger partial charge in [-0.1, -0.05) is 18.2 Å². The first-order chi connectivity index (χ1) is 20.2. The number of hydrogen-bond donors (Lipinski definition) is 9. The lowest BCUT2D eigenvalue weighted by molar-refractivity contribution is -0.142. The first-order valence-corrected chi connectivity index (χ1v) is 14.3. The second-order valence-electron chi connectivity index (χ2n) is 10.7. The summed E-state index contributed by atoms with van der Waals surface area (Å²) in [5.41, 5.74) is 1.81. The monoisotopic (exact) mass is 585 g/mol. The lowest BCUT2D eigenvalue weighted by atomic mass is 10.0. The highest BCUT2D eigenvalue weighted by molar-refractivity contribution is 5.89. The average molecular weight is 586 g/mol. The molecular formula is C28H39N7O7. The van der Waals surface area contributed by atoms with Gasteiger partial charge in [-0.05, 0) is 50.3 Å². The molecule has 2 aliphatic heterocycles. The van der Waals surface area contributed by atoms with Crippen molar-refractivity contribution in [3.8, 4) is 0 Å². The third kappa shape index (κ3) is 8.99. The number of aromatic nitrogens is 1. The molecular weight excluding hydrogens is 546 g/mol. The molecule has 1 aromatic heterocycles. The van der Waals surface area contributed by atoms with Crippen LogP contribution in [-0.2, 0) is 30.4 Å². The second-order valence-corrected chi connectivity index (χ2v) is 10.7. The van der Waals surface area contributed by atoms with E-state index in [9.17, 15) is 29.1 Å². The number of aliphatic carboxylic acids is 2. The minimum atomic E-state index is -1.21. The molecule has 2 aromatic rings. The van der Waals surface area contributed by atoms with Crippen molar-refractivity contribution in [2.45, 2.75) is 81.8 Å². The SMILES string of the molecule is O=C(O)CCCC(=O)NC(CCCNC(=O)C(Cc1c[nH]c2ccccc12)NC(=O)CCCCNC12NC1N2)C(=O)O. The van der Waals surface area contributed by atoms with Gasteiger partial charge in [0, 0.05) is 49.3 Å². The van der Waals surface area contributed by atoms with Crippen LogP contribution >= 0.6 is 0 Å². The number of carboxylic acid groups (broad SMARTS) is 2. The second kappa shape index (κ2) is 14.2. The van der Waals surface area contributed by atoms with E-state index in [4.69, 9.17) is 5.11 Å². The summed E-state index contributed by atoms with van der Waals surface area (Å²) in [4.78, 5) is 63.3. The number of hydrogen-bond acceptors (Lipinski definition) is 8. The highest BCUT2D eigenvalue weighted by Crippen LogP contribution is 2.33. The Bertz CT molecular complexity index is 1290. The lowest BCUT2D eigenvalue weighted by Crippen LogP contribution is -2.48. The average Bonchev–Trinajstić information content (AvgIpc) is 3.77. The number of para-hydroxylation sites is 1. The van der Waals surface area contributed by atoms with Crippen LogP contribution in [0.4, 0.5) is 0 Å². The van der Waals surface area contributed by atoms with Gasteiger partial charge in [-0.15, -0.1) is 0 Å². The molecule has 2 saturated heterocycles. The molecule has 14 heteroatoms. The molecule has 0 spiro atoms. The van der Waals surface area contributed by atoms with E-state index >= 15 is 0 Å². The molecule has 42 heavy (non-hydrogen) atoms. The van der Waals surface area contributed by atoms with Crippen molar-refractivity contribution in [3.63, 3.8) is 0 Å². The fraction of sp³-hybridized carbons (Fsp3) is 0.536. The zero-order valence-corrected chi connectivity index (χ0v) is 23.3. The number of benzene rings is 1. The largest absolute Gasteiger partial charge is 0.481 e. The van der Waals surface area contributed by atoms with Crippen molar-refractivity contribution >= 4 is 40.6 Å². The van der Waals surface area contributed by atoms with Gasteiger partial charge >= 0.3 is 11.9 Å². The number of aromatic amines is 1. The van der Waals surface area contributed by atoms with Crippen LogP contribution < -0.4 is 31.9 Å². The number of H-pyrrole nitrogens is 1. The minimum Gasteiger partial charge on any atom is -0.481 e. The number of amides is 3. The molecule has 0 bridgehead atoms. The summed E-state index contributed by atoms with van der Waals surface area (Å²) in [5, 5.41) is 36.9. The van der Waals surface area contributed by atoms with E-state index in [1.54, 1.807) is 0 Å². The lowest BCUT2D eigenvalue weighted by Gasteiger charge is -2.19. The molecule has 9 N–H and O–H groups in total. The number of carbonyl (C=O) groups excluding carboxylic acids is 3. The Morgan fingerprint density at radius 2 is 1.55 bits per heavy atom. The maximum Gasteiger partial charge on any atom is 0.326 e. The van der Waals surface area contributed by atoms with E-state index < -0.39 is 29.9 Å². The van der Waals surface area contributed by atoms with Gasteiger partial charge in [0.15, 0.2) is 5.79 Å². The molecule has 0 saturated carbocycles. The van der Waals surface area contributed by atoms with E-state index in [2.05, 4.69) is 36.9 Å². The van der Waals surface area contributed by atoms with Gasteiger partial charge in [0.1, 0.15) is 18.2 Å². The topological polar surface area (TPSA) is 234 Å². The Morgan fingerprint density at radius 3 is 2.24 bits per heavy atom. The van der Waals surface area contributed by atoms with Crippen LogP contribution in [0, 0.1) is 0 Å². The highest BCUT2D eigenvalue weighted by Gasteiger charge is 2.70. The van der Waals surface area contributed by atoms with Gasteiger partial charge in [0.05, 0.1) is 0 Å². The van der Waals surface area contributed by atoms with E-state index in [-0.39, 0.29) is 69.1 Å². The first kappa shape index (κ1) is 30.9. The van der Waals surface area contributed by atoms with Crippen molar-refractivity contribution in [2.24, 2.45) is 0 Å². The molecule has 3 amide bonds. The molecule has 14 nitrogen and oxygen atoms in total. The molecule has 2 unspecified atom stereocenters. The van der Waals surface area contributed by atoms with Crippen LogP contribution in [0.5, 0.6) is 0 Å². The van der Waals surface area contributed by atoms with Crippen molar-refractivity contribution in [1.29, 1.82) is 0 Å². The van der Waals surface area contributed by atoms with E-state index in [1.807, 2.05) is 30.5 Å². The Labute approximate surface area is 242 Å². The Morgan fingerprint density at radius 1 is 0.857 bits per heavy atom. The summed E-state index contributed by atoms with van der Waals surface area (Å²) in [5.74, 6) is -3.47. The van der Waals surface area contributed by atoms with Crippen molar-refractivity contribution < 1.29 is 34.2 Å². The molecule has 0 radical (unpaired) electrons. The van der Waals surface area contributed by atoms with E-state index in [0.717, 1.165) is 29.4 Å². The molecule has 2 atom stereocenters. The maximum atomic E-state index is 13.2. The fourth-order valence-electron chi connectivity index (χ4n) is 4.83. The summed E-state index contributed by atoms with van der Waals surface area (Å²) in [7, 11) is 0. The van der Waals surface area contributed by atoms with Gasteiger partial charge in [0.2, 0.25) is 17.7 Å². The van der Waals surface area contributed by atoms with Gasteiger partial charge in [-0.2, -0.15) is 0 Å². The molecule has 3 heterocycles. The Balaban J connectivity index is 1.24. The van der Waals surface area contributed by atoms with E-state index in [1.165, 1.54) is 0 Å². The number of nitrogens with one attached hydrogen (secondary N) is 7. The molecule has 0 aliphatic carbocycles. The van der Waals surface area contributed by atoms with Crippen molar-refractivity contribution in [3.05, 3.63) is 36.0 Å². The molecule has 2 fully saturated rings. The summed E-state index contributed by atoms with van der Waals surface area (Å²) in [6.45, 7) is 0.914. The van der Waals surface area contributed by atoms with Crippen LogP contribution in [0.15, 0.2) is 30.5 Å². The number of carboxylic acids is 2.